The molecule has 1 aromatic heterocycles. The number of aliphatic imine (C=N–C) groups is 1. The van der Waals surface area contributed by atoms with Gasteiger partial charge in [-0.15, -0.1) is 0 Å². The van der Waals surface area contributed by atoms with Crippen molar-refractivity contribution in [3.05, 3.63) is 11.8 Å². The Balaban J connectivity index is 3.28. The van der Waals surface area contributed by atoms with Crippen LogP contribution in [0.5, 0.6) is 5.75 Å². The first-order chi connectivity index (χ1) is 8.79. The fraction of sp³-hybridized carbons (Fsp3) is 0.500. The zero-order valence-corrected chi connectivity index (χ0v) is 12.7. The van der Waals surface area contributed by atoms with Gasteiger partial charge in [-0.1, -0.05) is 0 Å². The van der Waals surface area contributed by atoms with Crippen LogP contribution in [0.1, 0.15) is 12.6 Å². The number of sulfone groups is 1. The molecule has 1 heterocycles. The lowest BCUT2D eigenvalue weighted by Gasteiger charge is -2.11. The van der Waals surface area contributed by atoms with Gasteiger partial charge >= 0.3 is 0 Å². The molecule has 0 atom stereocenters. The van der Waals surface area contributed by atoms with Crippen LogP contribution < -0.4 is 4.74 Å². The molecular weight excluding hydrogens is 266 g/mol. The van der Waals surface area contributed by atoms with Crippen molar-refractivity contribution in [3.63, 3.8) is 0 Å². The first-order valence-electron chi connectivity index (χ1n) is 5.79. The van der Waals surface area contributed by atoms with Gasteiger partial charge in [-0.2, -0.15) is 0 Å². The molecule has 6 nitrogen and oxygen atoms in total. The Labute approximate surface area is 114 Å². The quantitative estimate of drug-likeness (QED) is 0.604. The number of rotatable bonds is 5. The van der Waals surface area contributed by atoms with Crippen LogP contribution in [0.2, 0.25) is 0 Å². The average molecular weight is 285 g/mol. The Morgan fingerprint density at radius 1 is 1.53 bits per heavy atom. The van der Waals surface area contributed by atoms with Gasteiger partial charge in [0, 0.05) is 25.9 Å². The lowest BCUT2D eigenvalue weighted by molar-refractivity contribution is 0.398. The maximum atomic E-state index is 11.6. The van der Waals surface area contributed by atoms with Gasteiger partial charge in [0.05, 0.1) is 24.8 Å². The van der Waals surface area contributed by atoms with Crippen LogP contribution in [0.4, 0.5) is 5.69 Å². The minimum Gasteiger partial charge on any atom is -0.494 e. The van der Waals surface area contributed by atoms with E-state index in [-0.39, 0.29) is 10.8 Å². The molecule has 0 saturated heterocycles. The van der Waals surface area contributed by atoms with Crippen molar-refractivity contribution >= 4 is 21.9 Å². The van der Waals surface area contributed by atoms with Gasteiger partial charge in [-0.3, -0.25) is 0 Å². The summed E-state index contributed by atoms with van der Waals surface area (Å²) >= 11 is 0. The molecule has 0 radical (unpaired) electrons. The number of aromatic nitrogens is 1. The van der Waals surface area contributed by atoms with Gasteiger partial charge in [0.15, 0.2) is 20.6 Å². The second kappa shape index (κ2) is 6.01. The summed E-state index contributed by atoms with van der Waals surface area (Å²) in [5.74, 6) is 0.208. The van der Waals surface area contributed by atoms with Crippen molar-refractivity contribution in [1.29, 1.82) is 0 Å². The first-order valence-corrected chi connectivity index (χ1v) is 7.68. The van der Waals surface area contributed by atoms with E-state index in [2.05, 4.69) is 9.98 Å². The fourth-order valence-corrected chi connectivity index (χ4v) is 2.15. The summed E-state index contributed by atoms with van der Waals surface area (Å²) in [5, 5.41) is -0.0599. The van der Waals surface area contributed by atoms with Gasteiger partial charge < -0.3 is 9.64 Å². The van der Waals surface area contributed by atoms with E-state index < -0.39 is 9.84 Å². The van der Waals surface area contributed by atoms with Crippen LogP contribution in [0.15, 0.2) is 16.1 Å². The summed E-state index contributed by atoms with van der Waals surface area (Å²) in [7, 11) is -0.113. The summed E-state index contributed by atoms with van der Waals surface area (Å²) in [5.41, 5.74) is 1.13. The van der Waals surface area contributed by atoms with Crippen LogP contribution in [0, 0.1) is 6.92 Å². The van der Waals surface area contributed by atoms with Crippen LogP contribution in [0.25, 0.3) is 0 Å². The Morgan fingerprint density at radius 3 is 2.63 bits per heavy atom. The van der Waals surface area contributed by atoms with E-state index in [4.69, 9.17) is 4.74 Å². The first kappa shape index (κ1) is 15.4. The standard InChI is InChI=1S/C12H19N3O3S/c1-6-15(3)8-13-10-7-11(18-4)12(14-9(10)2)19(5,16)17/h7-8H,6H2,1-5H3/b13-8+. The molecule has 0 aromatic carbocycles. The Kier molecular flexibility index (Phi) is 4.88. The fourth-order valence-electron chi connectivity index (χ4n) is 1.34. The predicted octanol–water partition coefficient (Wildman–Crippen LogP) is 1.41. The van der Waals surface area contributed by atoms with E-state index >= 15 is 0 Å². The lowest BCUT2D eigenvalue weighted by atomic mass is 10.3. The number of methoxy groups -OCH3 is 1. The number of aryl methyl sites for hydroxylation is 1. The van der Waals surface area contributed by atoms with E-state index in [0.717, 1.165) is 12.8 Å². The molecule has 0 saturated carbocycles. The molecule has 19 heavy (non-hydrogen) atoms. The molecule has 106 valence electrons. The van der Waals surface area contributed by atoms with Crippen molar-refractivity contribution < 1.29 is 13.2 Å². The number of nitrogens with zero attached hydrogens (tertiary/aromatic N) is 3. The van der Waals surface area contributed by atoms with Gasteiger partial charge in [0.1, 0.15) is 0 Å². The van der Waals surface area contributed by atoms with Gasteiger partial charge in [0.2, 0.25) is 0 Å². The molecule has 7 heteroatoms. The molecule has 0 aliphatic heterocycles. The van der Waals surface area contributed by atoms with Crippen molar-refractivity contribution in [3.8, 4) is 5.75 Å². The molecule has 0 N–H and O–H groups in total. The summed E-state index contributed by atoms with van der Waals surface area (Å²) < 4.78 is 28.3. The molecule has 0 spiro atoms. The van der Waals surface area contributed by atoms with Gasteiger partial charge in [-0.05, 0) is 13.8 Å². The van der Waals surface area contributed by atoms with E-state index in [1.165, 1.54) is 7.11 Å². The maximum Gasteiger partial charge on any atom is 0.197 e. The molecule has 0 amide bonds. The van der Waals surface area contributed by atoms with E-state index in [1.807, 2.05) is 18.9 Å². The monoisotopic (exact) mass is 285 g/mol. The van der Waals surface area contributed by atoms with Crippen LogP contribution in [-0.4, -0.2) is 51.6 Å². The van der Waals surface area contributed by atoms with Gasteiger partial charge in [-0.25, -0.2) is 18.4 Å². The van der Waals surface area contributed by atoms with Crippen molar-refractivity contribution in [2.24, 2.45) is 4.99 Å². The number of hydrogen-bond donors (Lipinski definition) is 0. The highest BCUT2D eigenvalue weighted by Crippen LogP contribution is 2.28. The zero-order chi connectivity index (χ0) is 14.6. The molecular formula is C12H19N3O3S. The Morgan fingerprint density at radius 2 is 2.16 bits per heavy atom. The van der Waals surface area contributed by atoms with Crippen molar-refractivity contribution in [2.75, 3.05) is 27.0 Å². The van der Waals surface area contributed by atoms with E-state index in [9.17, 15) is 8.42 Å². The Bertz CT molecular complexity index is 582. The molecule has 0 bridgehead atoms. The molecule has 0 aliphatic carbocycles. The molecule has 1 aromatic rings. The van der Waals surface area contributed by atoms with Crippen LogP contribution in [0.3, 0.4) is 0 Å². The predicted molar refractivity (Wildman–Crippen MR) is 75.1 cm³/mol. The third-order valence-corrected chi connectivity index (χ3v) is 3.58. The highest BCUT2D eigenvalue weighted by atomic mass is 32.2. The molecule has 0 fully saturated rings. The topological polar surface area (TPSA) is 71.9 Å². The zero-order valence-electron chi connectivity index (χ0n) is 11.8. The minimum absolute atomic E-state index is 0.0599. The highest BCUT2D eigenvalue weighted by molar-refractivity contribution is 7.90. The largest absolute Gasteiger partial charge is 0.494 e. The minimum atomic E-state index is -3.42. The van der Waals surface area contributed by atoms with Crippen molar-refractivity contribution in [1.82, 2.24) is 9.88 Å². The third-order valence-electron chi connectivity index (χ3n) is 2.58. The smallest absolute Gasteiger partial charge is 0.197 e. The van der Waals surface area contributed by atoms with E-state index in [1.54, 1.807) is 19.3 Å². The normalized spacial score (nSPS) is 11.8. The SMILES string of the molecule is CCN(C)/C=N/c1cc(OC)c(S(C)(=O)=O)nc1C. The summed E-state index contributed by atoms with van der Waals surface area (Å²) in [6.45, 7) is 4.55. The summed E-state index contributed by atoms with van der Waals surface area (Å²) in [6, 6.07) is 1.58. The molecule has 0 unspecified atom stereocenters. The second-order valence-corrected chi connectivity index (χ2v) is 6.12. The number of pyridine rings is 1. The number of ether oxygens (including phenoxy) is 1. The third kappa shape index (κ3) is 3.92. The van der Waals surface area contributed by atoms with Crippen molar-refractivity contribution in [2.45, 2.75) is 18.9 Å². The second-order valence-electron chi connectivity index (χ2n) is 4.19. The van der Waals surface area contributed by atoms with Crippen LogP contribution >= 0.6 is 0 Å². The molecule has 0 aliphatic rings. The molecule has 1 rings (SSSR count). The Hall–Kier alpha value is -1.63. The summed E-state index contributed by atoms with van der Waals surface area (Å²) in [6.07, 6.45) is 2.77. The van der Waals surface area contributed by atoms with Gasteiger partial charge in [0.25, 0.3) is 0 Å². The maximum absolute atomic E-state index is 11.6. The number of hydrogen-bond acceptors (Lipinski definition) is 5. The van der Waals surface area contributed by atoms with Crippen LogP contribution in [-0.2, 0) is 9.84 Å². The summed E-state index contributed by atoms with van der Waals surface area (Å²) in [4.78, 5) is 10.2. The average Bonchev–Trinajstić information content (AvgIpc) is 2.35. The lowest BCUT2D eigenvalue weighted by Crippen LogP contribution is -2.14. The van der Waals surface area contributed by atoms with E-state index in [0.29, 0.717) is 11.4 Å². The highest BCUT2D eigenvalue weighted by Gasteiger charge is 2.18.